The van der Waals surface area contributed by atoms with Gasteiger partial charge in [0.2, 0.25) is 15.9 Å². The summed E-state index contributed by atoms with van der Waals surface area (Å²) < 4.78 is 111. The maximum absolute atomic E-state index is 13.1. The molecule has 13 heterocycles. The number of amides is 2. The Balaban J connectivity index is 0.000000138. The van der Waals surface area contributed by atoms with Gasteiger partial charge in [-0.2, -0.15) is 51.3 Å². The number of hydrogen-bond acceptors (Lipinski definition) is 24. The van der Waals surface area contributed by atoms with E-state index in [2.05, 4.69) is 85.5 Å². The standard InChI is InChI=1S/C26H22F3N5O2.C21H23BF3NO3.2C11H11ClN4O.C7H3Cl2N3.C4H9NO/c1-16-7-8-19(31-25(35)17-4-2-5-18(14-17)26(27,28)29)15-21(16)23-32-22-20(6-3-9-30-22)24(33-23)34-10-12-36-13-11-34;1-13-9-10-16(12-17(13)22-28-19(2,3)20(4,5)29-22)26-18(27)14-7-6-8-15(11-14)21(23,24)25;2*12-11-14-9-8(2-1-3-13-9)10(15-11)16-4-6-17-7-5-16;8-5-4-2-1-3-10-6(4)12-7(9)11-5;1-3-6-4-2-5-1/h2-9,14-15H,10-13H2,1H3,(H,31,35);6-12H,1-5H3,(H,26,27);2*1-3H,4-7H2;1-3H;5H,1-4H2. The maximum Gasteiger partial charge on any atom is 0.495 e. The van der Waals surface area contributed by atoms with Crippen LogP contribution in [-0.2, 0) is 40.6 Å². The summed E-state index contributed by atoms with van der Waals surface area (Å²) in [6.07, 6.45) is -2.34. The number of alkyl halides is 6. The van der Waals surface area contributed by atoms with Crippen LogP contribution in [0.4, 0.5) is 55.2 Å². The number of hydrogen-bond donors (Lipinski definition) is 3. The monoisotopic (exact) mass is 1680 g/mol. The van der Waals surface area contributed by atoms with Crippen molar-refractivity contribution in [2.45, 2.75) is 65.1 Å². The first kappa shape index (κ1) is 86.1. The van der Waals surface area contributed by atoms with Gasteiger partial charge in [-0.3, -0.25) is 9.59 Å². The Morgan fingerprint density at radius 2 is 0.812 bits per heavy atom. The number of fused-ring (bicyclic) bond motifs is 4. The van der Waals surface area contributed by atoms with E-state index in [0.29, 0.717) is 109 Å². The molecule has 0 bridgehead atoms. The second-order valence-corrected chi connectivity index (χ2v) is 29.1. The van der Waals surface area contributed by atoms with E-state index in [1.165, 1.54) is 24.3 Å². The van der Waals surface area contributed by atoms with Crippen LogP contribution >= 0.6 is 46.4 Å². The largest absolute Gasteiger partial charge is 0.495 e. The number of nitrogens with one attached hydrogen (secondary N) is 3. The minimum absolute atomic E-state index is 0.0717. The Hall–Kier alpha value is -10.3. The number of benzene rings is 4. The number of pyridine rings is 4. The number of nitrogens with zero attached hydrogens (tertiary/aromatic N) is 15. The van der Waals surface area contributed by atoms with Crippen molar-refractivity contribution in [1.29, 1.82) is 0 Å². The summed E-state index contributed by atoms with van der Waals surface area (Å²) in [7, 11) is -0.606. The van der Waals surface area contributed by atoms with Gasteiger partial charge in [-0.1, -0.05) is 41.4 Å². The average molecular weight is 1690 g/mol. The molecule has 2 amide bonds. The number of carbonyl (C=O) groups is 2. The van der Waals surface area contributed by atoms with E-state index in [4.69, 9.17) is 79.6 Å². The molecule has 3 N–H and O–H groups in total. The summed E-state index contributed by atoms with van der Waals surface area (Å²) in [5, 5.41) is 12.8. The number of halogens is 10. The number of aryl methyl sites for hydroxylation is 2. The van der Waals surface area contributed by atoms with Crippen LogP contribution in [0.2, 0.25) is 21.0 Å². The molecule has 4 aromatic carbocycles. The normalized spacial score (nSPS) is 15.9. The highest BCUT2D eigenvalue weighted by Gasteiger charge is 2.52. The van der Waals surface area contributed by atoms with Gasteiger partial charge in [0.25, 0.3) is 11.8 Å². The number of anilines is 5. The van der Waals surface area contributed by atoms with Gasteiger partial charge in [0, 0.05) is 105 Å². The Bertz CT molecular complexity index is 5360. The van der Waals surface area contributed by atoms with Gasteiger partial charge in [0.05, 0.1) is 96.7 Å². The first-order valence-electron chi connectivity index (χ1n) is 37.0. The number of aromatic nitrogens is 12. The second kappa shape index (κ2) is 38.9. The lowest BCUT2D eigenvalue weighted by atomic mass is 9.76. The quantitative estimate of drug-likeness (QED) is 0.0523. The topological polar surface area (TPSA) is 290 Å². The van der Waals surface area contributed by atoms with Gasteiger partial charge in [-0.05, 0) is 197 Å². The molecule has 5 aliphatic heterocycles. The lowest BCUT2D eigenvalue weighted by Crippen LogP contribution is -2.41. The van der Waals surface area contributed by atoms with E-state index in [0.717, 1.165) is 127 Å². The molecule has 0 saturated carbocycles. The molecule has 0 spiro atoms. The van der Waals surface area contributed by atoms with Crippen LogP contribution in [0.1, 0.15) is 70.7 Å². The molecule has 5 fully saturated rings. The van der Waals surface area contributed by atoms with Crippen LogP contribution in [-0.4, -0.2) is 195 Å². The average Bonchev–Trinajstić information content (AvgIpc) is 1.76. The van der Waals surface area contributed by atoms with Crippen LogP contribution in [0.25, 0.3) is 55.5 Å². The van der Waals surface area contributed by atoms with E-state index in [1.807, 2.05) is 84.0 Å². The van der Waals surface area contributed by atoms with Crippen molar-refractivity contribution in [1.82, 2.24) is 65.1 Å². The Labute approximate surface area is 688 Å². The van der Waals surface area contributed by atoms with Gasteiger partial charge in [0.15, 0.2) is 28.4 Å². The zero-order valence-corrected chi connectivity index (χ0v) is 67.2. The van der Waals surface area contributed by atoms with Gasteiger partial charge in [0.1, 0.15) is 22.6 Å². The summed E-state index contributed by atoms with van der Waals surface area (Å²) in [5.41, 5.74) is 3.47. The highest BCUT2D eigenvalue weighted by molar-refractivity contribution is 6.62. The summed E-state index contributed by atoms with van der Waals surface area (Å²) in [5.74, 6) is 1.61. The molecule has 17 rings (SSSR count). The Morgan fingerprint density at radius 3 is 1.22 bits per heavy atom. The smallest absolute Gasteiger partial charge is 0.399 e. The highest BCUT2D eigenvalue weighted by Crippen LogP contribution is 2.38. The molecule has 0 radical (unpaired) electrons. The molecule has 0 unspecified atom stereocenters. The highest BCUT2D eigenvalue weighted by atomic mass is 35.5. The van der Waals surface area contributed by atoms with Crippen molar-refractivity contribution in [3.05, 3.63) is 213 Å². The summed E-state index contributed by atoms with van der Waals surface area (Å²) in [6, 6.07) is 34.1. The number of morpholine rings is 4. The van der Waals surface area contributed by atoms with Gasteiger partial charge < -0.3 is 58.9 Å². The molecule has 37 heteroatoms. The third kappa shape index (κ3) is 22.5. The van der Waals surface area contributed by atoms with Gasteiger partial charge in [-0.15, -0.1) is 0 Å². The van der Waals surface area contributed by atoms with Crippen molar-refractivity contribution >= 4 is 144 Å². The molecule has 0 aliphatic carbocycles. The summed E-state index contributed by atoms with van der Waals surface area (Å²) in [4.78, 5) is 82.5. The van der Waals surface area contributed by atoms with Crippen LogP contribution < -0.4 is 36.1 Å². The number of rotatable bonds is 9. The molecular formula is C80H79BCl4F6N18O8. The van der Waals surface area contributed by atoms with E-state index in [1.54, 1.807) is 67.3 Å². The van der Waals surface area contributed by atoms with E-state index in [-0.39, 0.29) is 27.0 Å². The van der Waals surface area contributed by atoms with Crippen LogP contribution in [0.3, 0.4) is 0 Å². The van der Waals surface area contributed by atoms with Crippen LogP contribution in [0, 0.1) is 13.8 Å². The number of ether oxygens (including phenoxy) is 4. The molecule has 0 atom stereocenters. The summed E-state index contributed by atoms with van der Waals surface area (Å²) in [6.45, 7) is 24.1. The van der Waals surface area contributed by atoms with E-state index >= 15 is 0 Å². The molecule has 117 heavy (non-hydrogen) atoms. The fraction of sp³-hybridized carbons (Fsp3) is 0.325. The predicted molar refractivity (Wildman–Crippen MR) is 438 cm³/mol. The first-order chi connectivity index (χ1) is 56.0. The number of carbonyl (C=O) groups excluding carboxylic acids is 2. The zero-order chi connectivity index (χ0) is 83.0. The zero-order valence-electron chi connectivity index (χ0n) is 64.2. The lowest BCUT2D eigenvalue weighted by molar-refractivity contribution is -0.138. The first-order valence-corrected chi connectivity index (χ1v) is 38.5. The minimum atomic E-state index is -4.53. The van der Waals surface area contributed by atoms with Crippen molar-refractivity contribution < 1.29 is 64.2 Å². The van der Waals surface area contributed by atoms with Crippen molar-refractivity contribution in [3.63, 3.8) is 0 Å². The molecule has 8 aromatic heterocycles. The van der Waals surface area contributed by atoms with Crippen molar-refractivity contribution in [2.75, 3.05) is 131 Å². The fourth-order valence-electron chi connectivity index (χ4n) is 12.3. The minimum Gasteiger partial charge on any atom is -0.399 e. The maximum atomic E-state index is 13.1. The van der Waals surface area contributed by atoms with E-state index in [9.17, 15) is 35.9 Å². The molecule has 5 aliphatic rings. The molecule has 5 saturated heterocycles. The SMILES string of the molecule is C1COCCN1.Cc1ccc(NC(=O)c2cccc(C(F)(F)F)c2)cc1-c1nc(N2CCOCC2)c2cccnc2n1.Cc1ccc(NC(=O)c2cccc(C(F)(F)F)c2)cc1B1OC(C)(C)C(C)(C)O1.Clc1nc(Cl)c2cccnc2n1.Clc1nc(N2CCOCC2)c2cccnc2n1.Clc1nc(N2CCOCC2)c2cccnc2n1. The Morgan fingerprint density at radius 1 is 0.436 bits per heavy atom. The molecule has 12 aromatic rings. The second-order valence-electron chi connectivity index (χ2n) is 27.7. The van der Waals surface area contributed by atoms with Crippen molar-refractivity contribution in [3.8, 4) is 11.4 Å². The van der Waals surface area contributed by atoms with Gasteiger partial charge >= 0.3 is 19.5 Å². The molecule has 26 nitrogen and oxygen atoms in total. The van der Waals surface area contributed by atoms with Crippen LogP contribution in [0.15, 0.2) is 158 Å². The van der Waals surface area contributed by atoms with Crippen LogP contribution in [0.5, 0.6) is 0 Å². The van der Waals surface area contributed by atoms with E-state index < -0.39 is 53.6 Å². The lowest BCUT2D eigenvalue weighted by Gasteiger charge is -2.32. The third-order valence-electron chi connectivity index (χ3n) is 19.2. The van der Waals surface area contributed by atoms with Crippen molar-refractivity contribution in [2.24, 2.45) is 0 Å². The molecular weight excluding hydrogens is 1610 g/mol. The molecule has 610 valence electrons. The summed E-state index contributed by atoms with van der Waals surface area (Å²) >= 11 is 23.2. The predicted octanol–water partition coefficient (Wildman–Crippen LogP) is 14.6. The Kier molecular flexibility index (Phi) is 28.6. The van der Waals surface area contributed by atoms with Gasteiger partial charge in [-0.25, -0.2) is 34.9 Å². The fourth-order valence-corrected chi connectivity index (χ4v) is 13.1. The third-order valence-corrected chi connectivity index (χ3v) is 20.0.